The van der Waals surface area contributed by atoms with Crippen LogP contribution < -0.4 is 31.1 Å². The minimum Gasteiger partial charge on any atom is -0.330 e. The molecule has 9 aromatic rings. The predicted molar refractivity (Wildman–Crippen MR) is 325 cm³/mol. The van der Waals surface area contributed by atoms with Crippen molar-refractivity contribution in [3.63, 3.8) is 0 Å². The Kier molecular flexibility index (Phi) is 10.7. The van der Waals surface area contributed by atoms with Gasteiger partial charge in [-0.25, -0.2) is 0 Å². The van der Waals surface area contributed by atoms with Crippen LogP contribution in [-0.4, -0.2) is 6.71 Å². The molecule has 0 spiro atoms. The van der Waals surface area contributed by atoms with E-state index in [0.29, 0.717) is 0 Å². The average molecular weight is 988 g/mol. The molecule has 4 aliphatic rings. The van der Waals surface area contributed by atoms with Gasteiger partial charge in [-0.3, -0.25) is 0 Å². The topological polar surface area (TPSA) is 9.72 Å². The van der Waals surface area contributed by atoms with Gasteiger partial charge in [0.2, 0.25) is 0 Å². The summed E-state index contributed by atoms with van der Waals surface area (Å²) in [6, 6.07) is 77.2. The molecule has 376 valence electrons. The van der Waals surface area contributed by atoms with Gasteiger partial charge in [0.15, 0.2) is 0 Å². The zero-order valence-electron chi connectivity index (χ0n) is 46.4. The molecule has 0 saturated heterocycles. The first-order valence-electron chi connectivity index (χ1n) is 27.8. The van der Waals surface area contributed by atoms with Crippen molar-refractivity contribution >= 4 is 68.6 Å². The Morgan fingerprint density at radius 2 is 0.947 bits per heavy atom. The van der Waals surface area contributed by atoms with E-state index in [4.69, 9.17) is 0 Å². The lowest BCUT2D eigenvalue weighted by molar-refractivity contribution is 0.245. The lowest BCUT2D eigenvalue weighted by atomic mass is 9.33. The van der Waals surface area contributed by atoms with E-state index < -0.39 is 0 Å². The molecule has 13 rings (SSSR count). The Balaban J connectivity index is 1.13. The Labute approximate surface area is 453 Å². The van der Waals surface area contributed by atoms with E-state index in [0.717, 1.165) is 18.5 Å². The largest absolute Gasteiger partial charge is 0.330 e. The molecular weight excluding hydrogens is 918 g/mol. The van der Waals surface area contributed by atoms with Crippen molar-refractivity contribution in [3.05, 3.63) is 234 Å². The first kappa shape index (κ1) is 48.1. The highest BCUT2D eigenvalue weighted by Gasteiger charge is 2.60. The maximum Gasteiger partial charge on any atom is 0.252 e. The molecule has 3 nitrogen and oxygen atoms in total. The van der Waals surface area contributed by atoms with Crippen LogP contribution in [-0.2, 0) is 33.6 Å². The summed E-state index contributed by atoms with van der Waals surface area (Å²) in [7, 11) is 0. The van der Waals surface area contributed by atoms with Crippen molar-refractivity contribution in [2.24, 2.45) is 0 Å². The lowest BCUT2D eigenvalue weighted by Gasteiger charge is -2.51. The number of rotatable bonds is 5. The van der Waals surface area contributed by atoms with Gasteiger partial charge in [-0.1, -0.05) is 209 Å². The van der Waals surface area contributed by atoms with Crippen LogP contribution in [0.3, 0.4) is 0 Å². The quantitative estimate of drug-likeness (QED) is 0.159. The van der Waals surface area contributed by atoms with Crippen LogP contribution in [0.1, 0.15) is 116 Å². The summed E-state index contributed by atoms with van der Waals surface area (Å²) >= 11 is 0. The summed E-state index contributed by atoms with van der Waals surface area (Å²) in [5.41, 5.74) is 26.2. The zero-order valence-corrected chi connectivity index (χ0v) is 46.4. The fourth-order valence-corrected chi connectivity index (χ4v) is 13.7. The van der Waals surface area contributed by atoms with Crippen LogP contribution in [0, 0.1) is 0 Å². The maximum atomic E-state index is 2.73. The normalized spacial score (nSPS) is 18.4. The molecule has 1 aliphatic carbocycles. The molecule has 76 heavy (non-hydrogen) atoms. The number of nitrogens with zero attached hydrogens (tertiary/aromatic N) is 3. The Morgan fingerprint density at radius 3 is 1.62 bits per heavy atom. The molecule has 2 atom stereocenters. The van der Waals surface area contributed by atoms with Gasteiger partial charge in [0.05, 0.1) is 11.2 Å². The fraction of sp³-hybridized carbons (Fsp3) is 0.250. The fourth-order valence-electron chi connectivity index (χ4n) is 13.7. The van der Waals surface area contributed by atoms with Crippen LogP contribution in [0.4, 0.5) is 45.5 Å². The van der Waals surface area contributed by atoms with Crippen LogP contribution in [0.25, 0.3) is 22.3 Å². The van der Waals surface area contributed by atoms with Gasteiger partial charge in [0.25, 0.3) is 6.71 Å². The summed E-state index contributed by atoms with van der Waals surface area (Å²) in [5.74, 6) is 0. The first-order chi connectivity index (χ1) is 36.3. The number of para-hydroxylation sites is 1. The van der Waals surface area contributed by atoms with Crippen molar-refractivity contribution in [2.75, 3.05) is 14.7 Å². The van der Waals surface area contributed by atoms with Gasteiger partial charge >= 0.3 is 0 Å². The van der Waals surface area contributed by atoms with Crippen molar-refractivity contribution in [1.29, 1.82) is 0 Å². The summed E-state index contributed by atoms with van der Waals surface area (Å²) in [4.78, 5) is 8.00. The maximum absolute atomic E-state index is 2.73. The Morgan fingerprint density at radius 1 is 0.395 bits per heavy atom. The molecule has 0 radical (unpaired) electrons. The predicted octanol–water partition coefficient (Wildman–Crippen LogP) is 17.3. The molecule has 0 N–H and O–H groups in total. The molecule has 0 saturated carbocycles. The number of anilines is 8. The number of fused-ring (bicyclic) bond motifs is 9. The van der Waals surface area contributed by atoms with Crippen molar-refractivity contribution in [1.82, 2.24) is 0 Å². The summed E-state index contributed by atoms with van der Waals surface area (Å²) in [6.07, 6.45) is 2.15. The van der Waals surface area contributed by atoms with Crippen molar-refractivity contribution in [3.8, 4) is 22.3 Å². The molecule has 0 amide bonds. The molecule has 0 bridgehead atoms. The third kappa shape index (κ3) is 7.23. The van der Waals surface area contributed by atoms with Gasteiger partial charge in [-0.15, -0.1) is 0 Å². The summed E-state index contributed by atoms with van der Waals surface area (Å²) < 4.78 is 0. The lowest BCUT2D eigenvalue weighted by Crippen LogP contribution is -2.61. The summed E-state index contributed by atoms with van der Waals surface area (Å²) in [5, 5.41) is 0. The molecule has 3 heterocycles. The Hall–Kier alpha value is -7.56. The van der Waals surface area contributed by atoms with Gasteiger partial charge < -0.3 is 14.7 Å². The third-order valence-corrected chi connectivity index (χ3v) is 18.2. The second-order valence-corrected chi connectivity index (χ2v) is 25.7. The Bertz CT molecular complexity index is 3760. The number of hydrogen-bond acceptors (Lipinski definition) is 3. The smallest absolute Gasteiger partial charge is 0.252 e. The summed E-state index contributed by atoms with van der Waals surface area (Å²) in [6.45, 7) is 26.1. The highest BCUT2D eigenvalue weighted by Crippen LogP contribution is 2.64. The van der Waals surface area contributed by atoms with Crippen LogP contribution >= 0.6 is 0 Å². The van der Waals surface area contributed by atoms with E-state index in [1.807, 2.05) is 0 Å². The van der Waals surface area contributed by atoms with Crippen molar-refractivity contribution < 1.29 is 0 Å². The van der Waals surface area contributed by atoms with E-state index >= 15 is 0 Å². The average Bonchev–Trinajstić information content (AvgIpc) is 3.79. The second-order valence-electron chi connectivity index (χ2n) is 25.7. The number of benzene rings is 9. The standard InChI is InChI=1S/C72H70BN3/c1-68(2,3)51-31-34-54(35-32-51)74-64-46-55(76-62-29-21-20-28-58(62)71(10)41-40-49-26-18-19-27-57(49)72(71,76)11)36-38-60(64)73-59-37-30-50(47-22-14-12-15-23-47)42-63(59)75(66-45-53(70(7,8)9)44-65(74)67(66)73)61-39-33-52(69(4,5)6)43-56(61)48-24-16-13-17-25-48/h12-39,42-46H,40-41H2,1-11H3. The van der Waals surface area contributed by atoms with Crippen molar-refractivity contribution in [2.45, 2.75) is 116 Å². The van der Waals surface area contributed by atoms with Crippen LogP contribution in [0.5, 0.6) is 0 Å². The van der Waals surface area contributed by atoms with E-state index in [9.17, 15) is 0 Å². The van der Waals surface area contributed by atoms with E-state index in [2.05, 4.69) is 291 Å². The third-order valence-electron chi connectivity index (χ3n) is 18.2. The van der Waals surface area contributed by atoms with Crippen LogP contribution in [0.15, 0.2) is 200 Å². The van der Waals surface area contributed by atoms with Crippen LogP contribution in [0.2, 0.25) is 0 Å². The SMILES string of the molecule is CC(C)(C)c1ccc(N2c3cc(N4c5ccccc5C5(C)CCc6ccccc6C45C)ccc3B3c4ccc(-c5ccccc5)cc4N(c4ccc(C(C)(C)C)cc4-c4ccccc4)c4cc(C(C)(C)C)cc2c43)cc1. The monoisotopic (exact) mass is 988 g/mol. The molecule has 2 unspecified atom stereocenters. The molecule has 0 aromatic heterocycles. The van der Waals surface area contributed by atoms with Gasteiger partial charge in [0.1, 0.15) is 0 Å². The van der Waals surface area contributed by atoms with E-state index in [1.165, 1.54) is 112 Å². The molecule has 4 heteroatoms. The minimum atomic E-state index is -0.330. The van der Waals surface area contributed by atoms with Gasteiger partial charge in [0, 0.05) is 50.8 Å². The molecule has 3 aliphatic heterocycles. The highest BCUT2D eigenvalue weighted by molar-refractivity contribution is 7.00. The van der Waals surface area contributed by atoms with Gasteiger partial charge in [-0.2, -0.15) is 0 Å². The highest BCUT2D eigenvalue weighted by atomic mass is 15.3. The molecule has 0 fully saturated rings. The minimum absolute atomic E-state index is 0.00522. The van der Waals surface area contributed by atoms with Gasteiger partial charge in [-0.05, 0) is 163 Å². The van der Waals surface area contributed by atoms with E-state index in [-0.39, 0.29) is 33.9 Å². The van der Waals surface area contributed by atoms with E-state index in [1.54, 1.807) is 0 Å². The molecule has 9 aromatic carbocycles. The number of hydrogen-bond donors (Lipinski definition) is 0. The zero-order chi connectivity index (χ0) is 52.7. The number of aryl methyl sites for hydroxylation is 1. The second kappa shape index (κ2) is 17.0. The molecular formula is C72H70BN3. The first-order valence-corrected chi connectivity index (χ1v) is 27.8.